The van der Waals surface area contributed by atoms with Crippen LogP contribution < -0.4 is 5.73 Å². The molecule has 0 saturated heterocycles. The first kappa shape index (κ1) is 9.63. The molecule has 0 aromatic rings. The van der Waals surface area contributed by atoms with Crippen LogP contribution in [0.1, 0.15) is 20.8 Å². The summed E-state index contributed by atoms with van der Waals surface area (Å²) >= 11 is 0. The van der Waals surface area contributed by atoms with Gasteiger partial charge in [-0.15, -0.1) is 0 Å². The average Bonchev–Trinajstić information content (AvgIpc) is 1.87. The lowest BCUT2D eigenvalue weighted by atomic mass is 10.2. The van der Waals surface area contributed by atoms with E-state index in [1.807, 2.05) is 6.21 Å². The molecule has 2 nitrogen and oxygen atoms in total. The molecule has 1 atom stereocenters. The second-order valence-electron chi connectivity index (χ2n) is 3.10. The van der Waals surface area contributed by atoms with Gasteiger partial charge in [0, 0.05) is 12.8 Å². The molecule has 0 bridgehead atoms. The molecule has 0 aromatic heterocycles. The summed E-state index contributed by atoms with van der Waals surface area (Å²) in [5.41, 5.74) is 5.42. The SMILES string of the molecule is CC(C)C=NCC(C)CN. The van der Waals surface area contributed by atoms with E-state index in [4.69, 9.17) is 5.73 Å². The highest BCUT2D eigenvalue weighted by Crippen LogP contribution is 1.92. The minimum absolute atomic E-state index is 0.523. The van der Waals surface area contributed by atoms with Crippen molar-refractivity contribution in [2.24, 2.45) is 22.6 Å². The summed E-state index contributed by atoms with van der Waals surface area (Å²) in [6.45, 7) is 7.95. The Morgan fingerprint density at radius 2 is 2.00 bits per heavy atom. The Balaban J connectivity index is 3.33. The number of rotatable bonds is 4. The molecule has 2 N–H and O–H groups in total. The van der Waals surface area contributed by atoms with Gasteiger partial charge in [-0.3, -0.25) is 4.99 Å². The van der Waals surface area contributed by atoms with E-state index >= 15 is 0 Å². The molecule has 0 aromatic carbocycles. The second-order valence-corrected chi connectivity index (χ2v) is 3.10. The summed E-state index contributed by atoms with van der Waals surface area (Å²) in [5.74, 6) is 1.08. The van der Waals surface area contributed by atoms with Crippen molar-refractivity contribution in [2.45, 2.75) is 20.8 Å². The molecule has 0 heterocycles. The van der Waals surface area contributed by atoms with Crippen molar-refractivity contribution in [1.82, 2.24) is 0 Å². The van der Waals surface area contributed by atoms with Gasteiger partial charge in [0.2, 0.25) is 0 Å². The van der Waals surface area contributed by atoms with Gasteiger partial charge in [0.1, 0.15) is 0 Å². The third-order valence-electron chi connectivity index (χ3n) is 1.22. The van der Waals surface area contributed by atoms with Gasteiger partial charge in [0.25, 0.3) is 0 Å². The molecule has 10 heavy (non-hydrogen) atoms. The van der Waals surface area contributed by atoms with Crippen LogP contribution in [0.4, 0.5) is 0 Å². The number of hydrogen-bond donors (Lipinski definition) is 1. The summed E-state index contributed by atoms with van der Waals surface area (Å²) in [6.07, 6.45) is 1.98. The van der Waals surface area contributed by atoms with Gasteiger partial charge in [0.05, 0.1) is 0 Å². The molecular formula is C8H18N2. The van der Waals surface area contributed by atoms with Crippen LogP contribution in [-0.2, 0) is 0 Å². The number of nitrogens with two attached hydrogens (primary N) is 1. The van der Waals surface area contributed by atoms with Crippen molar-refractivity contribution >= 4 is 6.21 Å². The fourth-order valence-electron chi connectivity index (χ4n) is 0.526. The van der Waals surface area contributed by atoms with E-state index in [2.05, 4.69) is 25.8 Å². The van der Waals surface area contributed by atoms with Gasteiger partial charge in [-0.1, -0.05) is 20.8 Å². The summed E-state index contributed by atoms with van der Waals surface area (Å²) in [4.78, 5) is 4.24. The first-order chi connectivity index (χ1) is 4.66. The Labute approximate surface area is 63.5 Å². The standard InChI is InChI=1S/C8H18N2/c1-7(2)5-10-6-8(3)4-9/h5,7-8H,4,6,9H2,1-3H3. The Bertz CT molecular complexity index is 97.4. The Morgan fingerprint density at radius 3 is 2.40 bits per heavy atom. The lowest BCUT2D eigenvalue weighted by molar-refractivity contribution is 0.609. The molecule has 0 rings (SSSR count). The van der Waals surface area contributed by atoms with Crippen molar-refractivity contribution in [3.8, 4) is 0 Å². The highest BCUT2D eigenvalue weighted by molar-refractivity contribution is 5.59. The maximum absolute atomic E-state index is 5.42. The van der Waals surface area contributed by atoms with Crippen LogP contribution in [0.15, 0.2) is 4.99 Å². The first-order valence-corrected chi connectivity index (χ1v) is 3.86. The summed E-state index contributed by atoms with van der Waals surface area (Å²) < 4.78 is 0. The van der Waals surface area contributed by atoms with E-state index in [1.54, 1.807) is 0 Å². The van der Waals surface area contributed by atoms with Crippen molar-refractivity contribution in [3.63, 3.8) is 0 Å². The van der Waals surface area contributed by atoms with Gasteiger partial charge in [-0.25, -0.2) is 0 Å². The normalized spacial score (nSPS) is 14.9. The molecular weight excluding hydrogens is 124 g/mol. The minimum Gasteiger partial charge on any atom is -0.330 e. The molecule has 60 valence electrons. The van der Waals surface area contributed by atoms with Crippen LogP contribution in [-0.4, -0.2) is 19.3 Å². The predicted molar refractivity (Wildman–Crippen MR) is 46.4 cm³/mol. The highest BCUT2D eigenvalue weighted by Gasteiger charge is 1.94. The van der Waals surface area contributed by atoms with Crippen LogP contribution in [0.2, 0.25) is 0 Å². The molecule has 0 amide bonds. The Kier molecular flexibility index (Phi) is 5.22. The molecule has 0 spiro atoms. The zero-order valence-electron chi connectivity index (χ0n) is 7.17. The monoisotopic (exact) mass is 142 g/mol. The van der Waals surface area contributed by atoms with E-state index in [-0.39, 0.29) is 0 Å². The fourth-order valence-corrected chi connectivity index (χ4v) is 0.526. The molecule has 2 heteroatoms. The van der Waals surface area contributed by atoms with Crippen LogP contribution in [0.5, 0.6) is 0 Å². The van der Waals surface area contributed by atoms with E-state index < -0.39 is 0 Å². The van der Waals surface area contributed by atoms with E-state index in [1.165, 1.54) is 0 Å². The summed E-state index contributed by atoms with van der Waals surface area (Å²) in [6, 6.07) is 0. The zero-order chi connectivity index (χ0) is 7.98. The minimum atomic E-state index is 0.523. The van der Waals surface area contributed by atoms with E-state index in [9.17, 15) is 0 Å². The van der Waals surface area contributed by atoms with Gasteiger partial charge in [-0.05, 0) is 18.4 Å². The number of hydrogen-bond acceptors (Lipinski definition) is 2. The molecule has 0 radical (unpaired) electrons. The van der Waals surface area contributed by atoms with Gasteiger partial charge in [0.15, 0.2) is 0 Å². The molecule has 0 fully saturated rings. The Morgan fingerprint density at radius 1 is 1.40 bits per heavy atom. The molecule has 0 aliphatic carbocycles. The topological polar surface area (TPSA) is 38.4 Å². The quantitative estimate of drug-likeness (QED) is 0.590. The summed E-state index contributed by atoms with van der Waals surface area (Å²) in [7, 11) is 0. The third kappa shape index (κ3) is 5.76. The van der Waals surface area contributed by atoms with E-state index in [0.29, 0.717) is 11.8 Å². The molecule has 0 aliphatic rings. The predicted octanol–water partition coefficient (Wildman–Crippen LogP) is 1.31. The van der Waals surface area contributed by atoms with Gasteiger partial charge < -0.3 is 5.73 Å². The highest BCUT2D eigenvalue weighted by atomic mass is 14.7. The summed E-state index contributed by atoms with van der Waals surface area (Å²) in [5, 5.41) is 0. The number of nitrogens with zero attached hydrogens (tertiary/aromatic N) is 1. The largest absolute Gasteiger partial charge is 0.330 e. The van der Waals surface area contributed by atoms with Gasteiger partial charge in [-0.2, -0.15) is 0 Å². The number of aliphatic imine (C=N–C) groups is 1. The van der Waals surface area contributed by atoms with Crippen LogP contribution in [0.3, 0.4) is 0 Å². The van der Waals surface area contributed by atoms with Crippen LogP contribution in [0.25, 0.3) is 0 Å². The zero-order valence-corrected chi connectivity index (χ0v) is 7.17. The van der Waals surface area contributed by atoms with Crippen molar-refractivity contribution in [2.75, 3.05) is 13.1 Å². The lowest BCUT2D eigenvalue weighted by Crippen LogP contribution is -2.13. The van der Waals surface area contributed by atoms with Gasteiger partial charge >= 0.3 is 0 Å². The van der Waals surface area contributed by atoms with Crippen LogP contribution in [0, 0.1) is 11.8 Å². The maximum atomic E-state index is 5.42. The van der Waals surface area contributed by atoms with Crippen molar-refractivity contribution in [3.05, 3.63) is 0 Å². The van der Waals surface area contributed by atoms with E-state index in [0.717, 1.165) is 13.1 Å². The van der Waals surface area contributed by atoms with Crippen molar-refractivity contribution in [1.29, 1.82) is 0 Å². The van der Waals surface area contributed by atoms with Crippen molar-refractivity contribution < 1.29 is 0 Å². The molecule has 0 aliphatic heterocycles. The molecule has 0 saturated carbocycles. The average molecular weight is 142 g/mol. The molecule has 1 unspecified atom stereocenters. The lowest BCUT2D eigenvalue weighted by Gasteiger charge is -2.02. The first-order valence-electron chi connectivity index (χ1n) is 3.86. The smallest absolute Gasteiger partial charge is 0.0423 e. The second kappa shape index (κ2) is 5.42. The fraction of sp³-hybridized carbons (Fsp3) is 0.875. The third-order valence-corrected chi connectivity index (χ3v) is 1.22. The maximum Gasteiger partial charge on any atom is 0.0423 e. The van der Waals surface area contributed by atoms with Crippen LogP contribution >= 0.6 is 0 Å². The Hall–Kier alpha value is -0.370.